The van der Waals surface area contributed by atoms with Gasteiger partial charge in [0.15, 0.2) is 0 Å². The molecule has 0 saturated carbocycles. The van der Waals surface area contributed by atoms with Crippen LogP contribution in [0.4, 0.5) is 5.69 Å². The van der Waals surface area contributed by atoms with Crippen molar-refractivity contribution >= 4 is 11.6 Å². The van der Waals surface area contributed by atoms with Crippen LogP contribution in [0, 0.1) is 0 Å². The number of anilines is 1. The number of amides is 1. The van der Waals surface area contributed by atoms with Crippen molar-refractivity contribution in [3.8, 4) is 0 Å². The predicted molar refractivity (Wildman–Crippen MR) is 71.4 cm³/mol. The van der Waals surface area contributed by atoms with Crippen LogP contribution in [0.2, 0.25) is 0 Å². The molecule has 1 aromatic rings. The molecule has 0 aliphatic heterocycles. The van der Waals surface area contributed by atoms with Gasteiger partial charge in [-0.3, -0.25) is 4.79 Å². The van der Waals surface area contributed by atoms with Crippen molar-refractivity contribution in [2.45, 2.75) is 38.9 Å². The second-order valence-corrected chi connectivity index (χ2v) is 4.99. The van der Waals surface area contributed by atoms with Crippen LogP contribution in [0.25, 0.3) is 0 Å². The summed E-state index contributed by atoms with van der Waals surface area (Å²) in [7, 11) is 1.59. The fourth-order valence-electron chi connectivity index (χ4n) is 1.51. The van der Waals surface area contributed by atoms with E-state index in [1.165, 1.54) is 0 Å². The third-order valence-corrected chi connectivity index (χ3v) is 2.82. The molecule has 100 valence electrons. The Morgan fingerprint density at radius 3 is 2.39 bits per heavy atom. The molecule has 1 rings (SSSR count). The maximum atomic E-state index is 11.8. The first-order chi connectivity index (χ1) is 8.34. The lowest BCUT2D eigenvalue weighted by Gasteiger charge is -2.21. The number of hydrogen-bond donors (Lipinski definition) is 2. The average Bonchev–Trinajstić information content (AvgIpc) is 2.29. The minimum atomic E-state index is -0.498. The molecular formula is C14H21NO3. The lowest BCUT2D eigenvalue weighted by molar-refractivity contribution is -0.121. The summed E-state index contributed by atoms with van der Waals surface area (Å²) in [5.74, 6) is -0.0911. The van der Waals surface area contributed by atoms with Crippen LogP contribution >= 0.6 is 0 Å². The number of hydrogen-bond acceptors (Lipinski definition) is 3. The van der Waals surface area contributed by atoms with E-state index in [0.717, 1.165) is 11.3 Å². The van der Waals surface area contributed by atoms with Gasteiger partial charge >= 0.3 is 0 Å². The second-order valence-electron chi connectivity index (χ2n) is 4.99. The number of carbonyl (C=O) groups is 1. The third kappa shape index (κ3) is 4.47. The average molecular weight is 251 g/mol. The van der Waals surface area contributed by atoms with E-state index in [9.17, 15) is 9.90 Å². The number of carbonyl (C=O) groups excluding carboxylic acids is 1. The molecule has 0 radical (unpaired) electrons. The van der Waals surface area contributed by atoms with Crippen molar-refractivity contribution in [1.29, 1.82) is 0 Å². The van der Waals surface area contributed by atoms with E-state index >= 15 is 0 Å². The second kappa shape index (κ2) is 5.98. The van der Waals surface area contributed by atoms with E-state index in [1.54, 1.807) is 38.3 Å². The fourth-order valence-corrected chi connectivity index (χ4v) is 1.51. The summed E-state index contributed by atoms with van der Waals surface area (Å²) in [5, 5.41) is 12.2. The summed E-state index contributed by atoms with van der Waals surface area (Å²) >= 11 is 0. The quantitative estimate of drug-likeness (QED) is 0.845. The van der Waals surface area contributed by atoms with Crippen molar-refractivity contribution in [3.05, 3.63) is 29.8 Å². The number of benzene rings is 1. The van der Waals surface area contributed by atoms with Crippen molar-refractivity contribution in [1.82, 2.24) is 0 Å². The van der Waals surface area contributed by atoms with E-state index < -0.39 is 11.7 Å². The Morgan fingerprint density at radius 2 is 1.94 bits per heavy atom. The maximum Gasteiger partial charge on any atom is 0.227 e. The summed E-state index contributed by atoms with van der Waals surface area (Å²) < 4.78 is 5.20. The molecule has 4 nitrogen and oxygen atoms in total. The summed E-state index contributed by atoms with van der Waals surface area (Å²) in [6.07, 6.45) is -0.205. The van der Waals surface area contributed by atoms with Crippen LogP contribution in [0.1, 0.15) is 38.9 Å². The highest BCUT2D eigenvalue weighted by Crippen LogP contribution is 2.17. The Hall–Kier alpha value is -1.39. The van der Waals surface area contributed by atoms with Gasteiger partial charge in [-0.05, 0) is 38.5 Å². The van der Waals surface area contributed by atoms with Gasteiger partial charge < -0.3 is 15.2 Å². The summed E-state index contributed by atoms with van der Waals surface area (Å²) in [4.78, 5) is 11.8. The topological polar surface area (TPSA) is 58.6 Å². The third-order valence-electron chi connectivity index (χ3n) is 2.82. The summed E-state index contributed by atoms with van der Waals surface area (Å²) in [6.45, 7) is 5.43. The van der Waals surface area contributed by atoms with Crippen molar-refractivity contribution < 1.29 is 14.6 Å². The lowest BCUT2D eigenvalue weighted by Crippen LogP contribution is -2.29. The zero-order chi connectivity index (χ0) is 13.8. The fraction of sp³-hybridized carbons (Fsp3) is 0.500. The molecule has 0 saturated heterocycles. The summed E-state index contributed by atoms with van der Waals surface area (Å²) in [5.41, 5.74) is 1.07. The number of aliphatic hydroxyl groups excluding tert-OH is 1. The standard InChI is InChI=1S/C14H21NO3/c1-10(16)11-5-7-12(8-6-11)15-13(17)9-14(2,3)18-4/h5-8,10,16H,9H2,1-4H3,(H,15,17). The van der Waals surface area contributed by atoms with E-state index in [2.05, 4.69) is 5.32 Å². The van der Waals surface area contributed by atoms with Crippen LogP contribution in [0.15, 0.2) is 24.3 Å². The van der Waals surface area contributed by atoms with E-state index in [1.807, 2.05) is 13.8 Å². The zero-order valence-corrected chi connectivity index (χ0v) is 11.4. The van der Waals surface area contributed by atoms with Crippen LogP contribution in [0.5, 0.6) is 0 Å². The number of ether oxygens (including phenoxy) is 1. The van der Waals surface area contributed by atoms with Gasteiger partial charge in [0.25, 0.3) is 0 Å². The largest absolute Gasteiger partial charge is 0.389 e. The van der Waals surface area contributed by atoms with Crippen LogP contribution in [-0.4, -0.2) is 23.7 Å². The van der Waals surface area contributed by atoms with E-state index in [-0.39, 0.29) is 5.91 Å². The van der Waals surface area contributed by atoms with Gasteiger partial charge in [-0.25, -0.2) is 0 Å². The Morgan fingerprint density at radius 1 is 1.39 bits per heavy atom. The molecule has 0 aromatic heterocycles. The minimum absolute atomic E-state index is 0.0911. The first-order valence-corrected chi connectivity index (χ1v) is 5.97. The lowest BCUT2D eigenvalue weighted by atomic mass is 10.0. The summed E-state index contributed by atoms with van der Waals surface area (Å²) in [6, 6.07) is 7.14. The van der Waals surface area contributed by atoms with Gasteiger partial charge in [0, 0.05) is 12.8 Å². The molecule has 0 spiro atoms. The molecule has 1 unspecified atom stereocenters. The number of nitrogens with one attached hydrogen (secondary N) is 1. The number of rotatable bonds is 5. The molecule has 2 N–H and O–H groups in total. The van der Waals surface area contributed by atoms with Crippen LogP contribution in [-0.2, 0) is 9.53 Å². The molecule has 4 heteroatoms. The predicted octanol–water partition coefficient (Wildman–Crippen LogP) is 2.49. The van der Waals surface area contributed by atoms with E-state index in [0.29, 0.717) is 6.42 Å². The molecule has 1 aromatic carbocycles. The normalized spacial score (nSPS) is 13.2. The first kappa shape index (κ1) is 14.7. The zero-order valence-electron chi connectivity index (χ0n) is 11.4. The van der Waals surface area contributed by atoms with Gasteiger partial charge in [0.2, 0.25) is 5.91 Å². The molecular weight excluding hydrogens is 230 g/mol. The molecule has 0 fully saturated rings. The monoisotopic (exact) mass is 251 g/mol. The maximum absolute atomic E-state index is 11.8. The highest BCUT2D eigenvalue weighted by Gasteiger charge is 2.20. The van der Waals surface area contributed by atoms with Gasteiger partial charge in [-0.2, -0.15) is 0 Å². The smallest absolute Gasteiger partial charge is 0.227 e. The van der Waals surface area contributed by atoms with Gasteiger partial charge in [0.05, 0.1) is 18.1 Å². The highest BCUT2D eigenvalue weighted by atomic mass is 16.5. The van der Waals surface area contributed by atoms with Gasteiger partial charge in [-0.1, -0.05) is 12.1 Å². The Balaban J connectivity index is 2.60. The van der Waals surface area contributed by atoms with Gasteiger partial charge in [-0.15, -0.1) is 0 Å². The molecule has 1 atom stereocenters. The number of aliphatic hydroxyl groups is 1. The molecule has 1 amide bonds. The molecule has 0 aliphatic carbocycles. The van der Waals surface area contributed by atoms with Crippen LogP contribution < -0.4 is 5.32 Å². The molecule has 0 bridgehead atoms. The molecule has 18 heavy (non-hydrogen) atoms. The van der Waals surface area contributed by atoms with Crippen LogP contribution in [0.3, 0.4) is 0 Å². The Kier molecular flexibility index (Phi) is 4.87. The van der Waals surface area contributed by atoms with E-state index in [4.69, 9.17) is 4.74 Å². The molecule has 0 aliphatic rings. The first-order valence-electron chi connectivity index (χ1n) is 5.97. The van der Waals surface area contributed by atoms with Gasteiger partial charge in [0.1, 0.15) is 0 Å². The number of methoxy groups -OCH3 is 1. The molecule has 0 heterocycles. The Bertz CT molecular complexity index is 396. The van der Waals surface area contributed by atoms with Crippen molar-refractivity contribution in [2.24, 2.45) is 0 Å². The minimum Gasteiger partial charge on any atom is -0.389 e. The SMILES string of the molecule is COC(C)(C)CC(=O)Nc1ccc(C(C)O)cc1. The van der Waals surface area contributed by atoms with Crippen molar-refractivity contribution in [3.63, 3.8) is 0 Å². The highest BCUT2D eigenvalue weighted by molar-refractivity contribution is 5.91. The Labute approximate surface area is 108 Å². The van der Waals surface area contributed by atoms with Crippen molar-refractivity contribution in [2.75, 3.05) is 12.4 Å².